The molecule has 0 amide bonds. The number of hydrogen-bond donors (Lipinski definition) is 1. The van der Waals surface area contributed by atoms with Crippen molar-refractivity contribution in [1.29, 1.82) is 0 Å². The van der Waals surface area contributed by atoms with E-state index in [0.29, 0.717) is 11.6 Å². The maximum Gasteiger partial charge on any atom is 0.266 e. The summed E-state index contributed by atoms with van der Waals surface area (Å²) in [5.74, 6) is 0.288. The first-order chi connectivity index (χ1) is 9.74. The van der Waals surface area contributed by atoms with E-state index in [4.69, 9.17) is 10.3 Å². The second-order valence-corrected chi connectivity index (χ2v) is 5.04. The zero-order valence-electron chi connectivity index (χ0n) is 11.2. The van der Waals surface area contributed by atoms with E-state index in [1.807, 2.05) is 0 Å². The summed E-state index contributed by atoms with van der Waals surface area (Å²) < 4.78 is 19.0. The number of rotatable bonds is 2. The van der Waals surface area contributed by atoms with Gasteiger partial charge in [-0.2, -0.15) is 4.98 Å². The van der Waals surface area contributed by atoms with Crippen molar-refractivity contribution >= 4 is 11.6 Å². The Morgan fingerprint density at radius 3 is 2.60 bits per heavy atom. The van der Waals surface area contributed by atoms with E-state index in [2.05, 4.69) is 15.0 Å². The van der Waals surface area contributed by atoms with Crippen LogP contribution in [0.15, 0.2) is 22.7 Å². The number of anilines is 2. The van der Waals surface area contributed by atoms with Crippen LogP contribution in [0.4, 0.5) is 16.0 Å². The molecule has 2 N–H and O–H groups in total. The van der Waals surface area contributed by atoms with Gasteiger partial charge in [0.05, 0.1) is 5.56 Å². The minimum absolute atomic E-state index is 0.196. The van der Waals surface area contributed by atoms with Crippen molar-refractivity contribution in [3.8, 4) is 11.5 Å². The molecule has 0 aliphatic carbocycles. The van der Waals surface area contributed by atoms with E-state index in [9.17, 15) is 4.39 Å². The average Bonchev–Trinajstić information content (AvgIpc) is 2.74. The second kappa shape index (κ2) is 5.48. The molecule has 1 aromatic carbocycles. The summed E-state index contributed by atoms with van der Waals surface area (Å²) >= 11 is 0. The minimum atomic E-state index is -0.448. The third kappa shape index (κ3) is 2.59. The molecule has 0 radical (unpaired) electrons. The molecule has 6 heteroatoms. The number of hydrogen-bond acceptors (Lipinski definition) is 5. The molecular weight excluding hydrogens is 259 g/mol. The van der Waals surface area contributed by atoms with Gasteiger partial charge in [0.25, 0.3) is 11.8 Å². The van der Waals surface area contributed by atoms with Crippen LogP contribution in [0.2, 0.25) is 0 Å². The predicted octanol–water partition coefficient (Wildman–Crippen LogP) is 2.84. The molecule has 0 atom stereocenters. The molecule has 1 aromatic heterocycles. The molecule has 106 valence electrons. The molecule has 1 aliphatic rings. The van der Waals surface area contributed by atoms with E-state index < -0.39 is 5.82 Å². The topological polar surface area (TPSA) is 68.2 Å². The van der Waals surface area contributed by atoms with Crippen LogP contribution in [-0.2, 0) is 0 Å². The van der Waals surface area contributed by atoms with Gasteiger partial charge in [0, 0.05) is 18.8 Å². The maximum absolute atomic E-state index is 13.8. The third-order valence-electron chi connectivity index (χ3n) is 3.53. The molecule has 2 heterocycles. The van der Waals surface area contributed by atoms with Crippen LogP contribution >= 0.6 is 0 Å². The molecule has 0 saturated carbocycles. The first-order valence-electron chi connectivity index (χ1n) is 6.88. The SMILES string of the molecule is Nc1ccc(-c2nc(N3CCCCCC3)no2)c(F)c1. The van der Waals surface area contributed by atoms with Gasteiger partial charge in [-0.3, -0.25) is 0 Å². The van der Waals surface area contributed by atoms with Crippen LogP contribution in [0.3, 0.4) is 0 Å². The number of nitrogen functional groups attached to an aromatic ring is 1. The number of nitrogens with two attached hydrogens (primary N) is 1. The molecule has 3 rings (SSSR count). The highest BCUT2D eigenvalue weighted by Gasteiger charge is 2.18. The van der Waals surface area contributed by atoms with Crippen LogP contribution in [0.25, 0.3) is 11.5 Å². The molecule has 1 saturated heterocycles. The van der Waals surface area contributed by atoms with Gasteiger partial charge < -0.3 is 15.2 Å². The highest BCUT2D eigenvalue weighted by molar-refractivity contribution is 5.59. The lowest BCUT2D eigenvalue weighted by Crippen LogP contribution is -2.24. The van der Waals surface area contributed by atoms with E-state index in [1.165, 1.54) is 18.9 Å². The van der Waals surface area contributed by atoms with Crippen molar-refractivity contribution in [2.45, 2.75) is 25.7 Å². The van der Waals surface area contributed by atoms with Gasteiger partial charge in [0.2, 0.25) is 0 Å². The summed E-state index contributed by atoms with van der Waals surface area (Å²) in [6.45, 7) is 1.84. The Bertz CT molecular complexity index is 591. The number of aromatic nitrogens is 2. The van der Waals surface area contributed by atoms with Gasteiger partial charge in [-0.05, 0) is 36.2 Å². The van der Waals surface area contributed by atoms with Crippen molar-refractivity contribution in [1.82, 2.24) is 10.1 Å². The number of benzene rings is 1. The fourth-order valence-corrected chi connectivity index (χ4v) is 2.43. The summed E-state index contributed by atoms with van der Waals surface area (Å²) in [7, 11) is 0. The first kappa shape index (κ1) is 12.9. The van der Waals surface area contributed by atoms with Gasteiger partial charge in [-0.15, -0.1) is 0 Å². The molecule has 1 aliphatic heterocycles. The number of nitrogens with zero attached hydrogens (tertiary/aromatic N) is 3. The third-order valence-corrected chi connectivity index (χ3v) is 3.53. The maximum atomic E-state index is 13.8. The quantitative estimate of drug-likeness (QED) is 0.854. The lowest BCUT2D eigenvalue weighted by molar-refractivity contribution is 0.426. The second-order valence-electron chi connectivity index (χ2n) is 5.04. The predicted molar refractivity (Wildman–Crippen MR) is 74.8 cm³/mol. The molecule has 2 aromatic rings. The molecule has 0 unspecified atom stereocenters. The van der Waals surface area contributed by atoms with Crippen LogP contribution in [0.1, 0.15) is 25.7 Å². The van der Waals surface area contributed by atoms with Gasteiger partial charge in [0.15, 0.2) is 0 Å². The molecule has 1 fully saturated rings. The Balaban J connectivity index is 1.85. The highest BCUT2D eigenvalue weighted by Crippen LogP contribution is 2.25. The van der Waals surface area contributed by atoms with Crippen molar-refractivity contribution in [2.24, 2.45) is 0 Å². The first-order valence-corrected chi connectivity index (χ1v) is 6.88. The fraction of sp³-hybridized carbons (Fsp3) is 0.429. The Kier molecular flexibility index (Phi) is 3.54. The molecular formula is C14H17FN4O. The minimum Gasteiger partial charge on any atom is -0.399 e. The average molecular weight is 276 g/mol. The summed E-state index contributed by atoms with van der Waals surface area (Å²) in [4.78, 5) is 6.40. The lowest BCUT2D eigenvalue weighted by atomic mass is 10.2. The normalized spacial score (nSPS) is 16.1. The smallest absolute Gasteiger partial charge is 0.266 e. The molecule has 20 heavy (non-hydrogen) atoms. The summed E-state index contributed by atoms with van der Waals surface area (Å²) in [5.41, 5.74) is 6.19. The Labute approximate surface area is 116 Å². The standard InChI is InChI=1S/C14H17FN4O/c15-12-9-10(16)5-6-11(12)13-17-14(18-20-13)19-7-3-1-2-4-8-19/h5-6,9H,1-4,7-8,16H2. The summed E-state index contributed by atoms with van der Waals surface area (Å²) in [5, 5.41) is 3.96. The Morgan fingerprint density at radius 1 is 1.15 bits per heavy atom. The van der Waals surface area contributed by atoms with Crippen molar-refractivity contribution in [3.63, 3.8) is 0 Å². The van der Waals surface area contributed by atoms with Crippen molar-refractivity contribution in [3.05, 3.63) is 24.0 Å². The summed E-state index contributed by atoms with van der Waals surface area (Å²) in [6.07, 6.45) is 4.71. The zero-order valence-corrected chi connectivity index (χ0v) is 11.2. The van der Waals surface area contributed by atoms with Gasteiger partial charge in [0.1, 0.15) is 5.82 Å². The number of halogens is 1. The zero-order chi connectivity index (χ0) is 13.9. The van der Waals surface area contributed by atoms with Gasteiger partial charge >= 0.3 is 0 Å². The van der Waals surface area contributed by atoms with Crippen LogP contribution in [-0.4, -0.2) is 23.2 Å². The Hall–Kier alpha value is -2.11. The highest BCUT2D eigenvalue weighted by atomic mass is 19.1. The van der Waals surface area contributed by atoms with Crippen LogP contribution < -0.4 is 10.6 Å². The Morgan fingerprint density at radius 2 is 1.90 bits per heavy atom. The van der Waals surface area contributed by atoms with E-state index in [0.717, 1.165) is 25.9 Å². The molecule has 0 spiro atoms. The van der Waals surface area contributed by atoms with E-state index in [1.54, 1.807) is 12.1 Å². The van der Waals surface area contributed by atoms with Crippen molar-refractivity contribution in [2.75, 3.05) is 23.7 Å². The molecule has 0 bridgehead atoms. The lowest BCUT2D eigenvalue weighted by Gasteiger charge is -2.16. The van der Waals surface area contributed by atoms with Crippen LogP contribution in [0.5, 0.6) is 0 Å². The van der Waals surface area contributed by atoms with Crippen molar-refractivity contribution < 1.29 is 8.91 Å². The monoisotopic (exact) mass is 276 g/mol. The van der Waals surface area contributed by atoms with E-state index >= 15 is 0 Å². The van der Waals surface area contributed by atoms with E-state index in [-0.39, 0.29) is 11.5 Å². The fourth-order valence-electron chi connectivity index (χ4n) is 2.43. The van der Waals surface area contributed by atoms with Gasteiger partial charge in [-0.25, -0.2) is 4.39 Å². The summed E-state index contributed by atoms with van der Waals surface area (Å²) in [6, 6.07) is 4.43. The largest absolute Gasteiger partial charge is 0.399 e. The van der Waals surface area contributed by atoms with Gasteiger partial charge in [-0.1, -0.05) is 12.8 Å². The molecule has 5 nitrogen and oxygen atoms in total. The van der Waals surface area contributed by atoms with Crippen LogP contribution in [0, 0.1) is 5.82 Å².